The highest BCUT2D eigenvalue weighted by atomic mass is 16.5. The van der Waals surface area contributed by atoms with Crippen LogP contribution in [0.4, 0.5) is 5.69 Å². The molecule has 1 aromatic carbocycles. The standard InChI is InChI=1S/C18H21N3O3/c22-18(20-7-10-23-11-8-20)17-13-21(9-12-24-17)16-5-6-19-15-4-2-1-3-14(15)16/h1-6,17H,7-13H2. The first-order chi connectivity index (χ1) is 11.8. The van der Waals surface area contributed by atoms with Crippen LogP contribution in [0.5, 0.6) is 0 Å². The first-order valence-electron chi connectivity index (χ1n) is 8.40. The van der Waals surface area contributed by atoms with Crippen molar-refractivity contribution in [2.45, 2.75) is 6.10 Å². The lowest BCUT2D eigenvalue weighted by molar-refractivity contribution is -0.148. The predicted molar refractivity (Wildman–Crippen MR) is 91.1 cm³/mol. The second kappa shape index (κ2) is 6.75. The maximum Gasteiger partial charge on any atom is 0.253 e. The number of benzene rings is 1. The van der Waals surface area contributed by atoms with E-state index in [9.17, 15) is 4.79 Å². The summed E-state index contributed by atoms with van der Waals surface area (Å²) in [4.78, 5) is 21.2. The van der Waals surface area contributed by atoms with E-state index in [0.717, 1.165) is 23.1 Å². The van der Waals surface area contributed by atoms with Crippen molar-refractivity contribution in [2.75, 3.05) is 50.9 Å². The van der Waals surface area contributed by atoms with Crippen molar-refractivity contribution < 1.29 is 14.3 Å². The molecule has 4 rings (SSSR count). The normalized spacial score (nSPS) is 21.9. The van der Waals surface area contributed by atoms with E-state index in [1.807, 2.05) is 35.4 Å². The number of pyridine rings is 1. The topological polar surface area (TPSA) is 54.9 Å². The van der Waals surface area contributed by atoms with Gasteiger partial charge in [0.1, 0.15) is 0 Å². The van der Waals surface area contributed by atoms with Crippen molar-refractivity contribution in [3.8, 4) is 0 Å². The fourth-order valence-electron chi connectivity index (χ4n) is 3.36. The van der Waals surface area contributed by atoms with Crippen LogP contribution in [0.15, 0.2) is 36.5 Å². The number of nitrogens with zero attached hydrogens (tertiary/aromatic N) is 3. The average Bonchev–Trinajstić information content (AvgIpc) is 2.68. The Balaban J connectivity index is 1.55. The van der Waals surface area contributed by atoms with Crippen LogP contribution in [0.3, 0.4) is 0 Å². The molecule has 3 heterocycles. The van der Waals surface area contributed by atoms with Crippen molar-refractivity contribution >= 4 is 22.5 Å². The minimum absolute atomic E-state index is 0.0707. The highest BCUT2D eigenvalue weighted by molar-refractivity contribution is 5.92. The summed E-state index contributed by atoms with van der Waals surface area (Å²) in [5.41, 5.74) is 2.08. The van der Waals surface area contributed by atoms with E-state index in [1.54, 1.807) is 0 Å². The zero-order chi connectivity index (χ0) is 16.4. The summed E-state index contributed by atoms with van der Waals surface area (Å²) in [6.45, 7) is 4.42. The number of carbonyl (C=O) groups excluding carboxylic acids is 1. The van der Waals surface area contributed by atoms with Crippen molar-refractivity contribution in [3.63, 3.8) is 0 Å². The Hall–Kier alpha value is -2.18. The molecular formula is C18H21N3O3. The van der Waals surface area contributed by atoms with Gasteiger partial charge < -0.3 is 19.3 Å². The Morgan fingerprint density at radius 3 is 2.79 bits per heavy atom. The van der Waals surface area contributed by atoms with Gasteiger partial charge in [-0.25, -0.2) is 0 Å². The molecule has 0 N–H and O–H groups in total. The van der Waals surface area contributed by atoms with Crippen LogP contribution in [0.2, 0.25) is 0 Å². The first kappa shape index (κ1) is 15.4. The number of para-hydroxylation sites is 1. The summed E-state index contributed by atoms with van der Waals surface area (Å²) in [6, 6.07) is 10.1. The summed E-state index contributed by atoms with van der Waals surface area (Å²) in [5.74, 6) is 0.0707. The molecule has 2 saturated heterocycles. The predicted octanol–water partition coefficient (Wildman–Crippen LogP) is 1.30. The van der Waals surface area contributed by atoms with Crippen molar-refractivity contribution in [1.29, 1.82) is 0 Å². The Morgan fingerprint density at radius 2 is 1.92 bits per heavy atom. The zero-order valence-electron chi connectivity index (χ0n) is 13.6. The number of anilines is 1. The third-order valence-corrected chi connectivity index (χ3v) is 4.63. The van der Waals surface area contributed by atoms with Gasteiger partial charge in [0.15, 0.2) is 6.10 Å². The zero-order valence-corrected chi connectivity index (χ0v) is 13.6. The number of aromatic nitrogens is 1. The lowest BCUT2D eigenvalue weighted by Gasteiger charge is -2.37. The molecule has 0 saturated carbocycles. The molecule has 6 heteroatoms. The molecule has 6 nitrogen and oxygen atoms in total. The van der Waals surface area contributed by atoms with Gasteiger partial charge in [-0.3, -0.25) is 9.78 Å². The largest absolute Gasteiger partial charge is 0.378 e. The van der Waals surface area contributed by atoms with E-state index >= 15 is 0 Å². The van der Waals surface area contributed by atoms with Crippen molar-refractivity contribution in [2.24, 2.45) is 0 Å². The van der Waals surface area contributed by atoms with Gasteiger partial charge in [-0.2, -0.15) is 0 Å². The maximum atomic E-state index is 12.7. The third kappa shape index (κ3) is 2.95. The summed E-state index contributed by atoms with van der Waals surface area (Å²) in [5, 5.41) is 1.11. The monoisotopic (exact) mass is 327 g/mol. The molecule has 0 bridgehead atoms. The fourth-order valence-corrected chi connectivity index (χ4v) is 3.36. The molecule has 2 aromatic rings. The lowest BCUT2D eigenvalue weighted by Crippen LogP contribution is -2.53. The molecule has 126 valence electrons. The molecule has 1 unspecified atom stereocenters. The van der Waals surface area contributed by atoms with Crippen LogP contribution >= 0.6 is 0 Å². The smallest absolute Gasteiger partial charge is 0.253 e. The summed E-state index contributed by atoms with van der Waals surface area (Å²) >= 11 is 0. The molecule has 2 aliphatic rings. The lowest BCUT2D eigenvalue weighted by atomic mass is 10.1. The molecule has 1 atom stereocenters. The van der Waals surface area contributed by atoms with Gasteiger partial charge in [0.2, 0.25) is 0 Å². The average molecular weight is 327 g/mol. The molecule has 0 spiro atoms. The fraction of sp³-hybridized carbons (Fsp3) is 0.444. The van der Waals surface area contributed by atoms with Gasteiger partial charge in [-0.1, -0.05) is 18.2 Å². The van der Waals surface area contributed by atoms with Gasteiger partial charge in [0.05, 0.1) is 31.9 Å². The van der Waals surface area contributed by atoms with E-state index < -0.39 is 6.10 Å². The molecule has 2 fully saturated rings. The van der Waals surface area contributed by atoms with Crippen LogP contribution in [-0.2, 0) is 14.3 Å². The van der Waals surface area contributed by atoms with E-state index in [1.165, 1.54) is 0 Å². The number of amides is 1. The Labute approximate surface area is 141 Å². The second-order valence-electron chi connectivity index (χ2n) is 6.09. The van der Waals surface area contributed by atoms with E-state index in [4.69, 9.17) is 9.47 Å². The van der Waals surface area contributed by atoms with Gasteiger partial charge in [-0.15, -0.1) is 0 Å². The molecule has 1 aromatic heterocycles. The van der Waals surface area contributed by atoms with E-state index in [0.29, 0.717) is 39.5 Å². The number of fused-ring (bicyclic) bond motifs is 1. The van der Waals surface area contributed by atoms with Crippen LogP contribution in [0.25, 0.3) is 10.9 Å². The van der Waals surface area contributed by atoms with Gasteiger partial charge in [0.25, 0.3) is 5.91 Å². The second-order valence-corrected chi connectivity index (χ2v) is 6.09. The number of rotatable bonds is 2. The van der Waals surface area contributed by atoms with E-state index in [-0.39, 0.29) is 5.91 Å². The number of morpholine rings is 2. The van der Waals surface area contributed by atoms with Gasteiger partial charge >= 0.3 is 0 Å². The maximum absolute atomic E-state index is 12.7. The number of hydrogen-bond donors (Lipinski definition) is 0. The SMILES string of the molecule is O=C(C1CN(c2ccnc3ccccc23)CCO1)N1CCOCC1. The molecule has 24 heavy (non-hydrogen) atoms. The Morgan fingerprint density at radius 1 is 1.08 bits per heavy atom. The minimum atomic E-state index is -0.413. The highest BCUT2D eigenvalue weighted by Crippen LogP contribution is 2.27. The van der Waals surface area contributed by atoms with Crippen LogP contribution < -0.4 is 4.90 Å². The highest BCUT2D eigenvalue weighted by Gasteiger charge is 2.31. The molecular weight excluding hydrogens is 306 g/mol. The quantitative estimate of drug-likeness (QED) is 0.832. The summed E-state index contributed by atoms with van der Waals surface area (Å²) in [6.07, 6.45) is 1.41. The van der Waals surface area contributed by atoms with Crippen molar-refractivity contribution in [3.05, 3.63) is 36.5 Å². The Bertz CT molecular complexity index is 725. The molecule has 2 aliphatic heterocycles. The van der Waals surface area contributed by atoms with Crippen LogP contribution in [-0.4, -0.2) is 67.9 Å². The molecule has 0 radical (unpaired) electrons. The number of hydrogen-bond acceptors (Lipinski definition) is 5. The van der Waals surface area contributed by atoms with Crippen LogP contribution in [0, 0.1) is 0 Å². The van der Waals surface area contributed by atoms with Gasteiger partial charge in [-0.05, 0) is 12.1 Å². The summed E-state index contributed by atoms with van der Waals surface area (Å²) in [7, 11) is 0. The minimum Gasteiger partial charge on any atom is -0.378 e. The molecule has 0 aliphatic carbocycles. The third-order valence-electron chi connectivity index (χ3n) is 4.63. The first-order valence-corrected chi connectivity index (χ1v) is 8.40. The van der Waals surface area contributed by atoms with Crippen LogP contribution in [0.1, 0.15) is 0 Å². The number of carbonyl (C=O) groups is 1. The van der Waals surface area contributed by atoms with Gasteiger partial charge in [0, 0.05) is 36.9 Å². The Kier molecular flexibility index (Phi) is 4.32. The van der Waals surface area contributed by atoms with Crippen molar-refractivity contribution in [1.82, 2.24) is 9.88 Å². The molecule has 1 amide bonds. The summed E-state index contributed by atoms with van der Waals surface area (Å²) < 4.78 is 11.1. The number of ether oxygens (including phenoxy) is 2. The van der Waals surface area contributed by atoms with E-state index in [2.05, 4.69) is 16.0 Å².